The van der Waals surface area contributed by atoms with Crippen molar-refractivity contribution >= 4 is 5.78 Å². The van der Waals surface area contributed by atoms with Gasteiger partial charge in [0.1, 0.15) is 0 Å². The smallest absolute Gasteiger partial charge is 0.164 e. The van der Waals surface area contributed by atoms with E-state index in [2.05, 4.69) is 11.8 Å². The molecular weight excluding hydrogens is 234 g/mol. The number of Topliss-reactive ketones (excluding diaryl/α,β-unsaturated/α-hetero) is 1. The molecule has 0 amide bonds. The van der Waals surface area contributed by atoms with Gasteiger partial charge in [-0.05, 0) is 44.3 Å². The molecule has 1 aliphatic rings. The molecule has 104 valence electrons. The average Bonchev–Trinajstić information content (AvgIpc) is 2.46. The summed E-state index contributed by atoms with van der Waals surface area (Å²) in [6.07, 6.45) is 4.56. The summed E-state index contributed by atoms with van der Waals surface area (Å²) in [4.78, 5) is 14.6. The molecule has 19 heavy (non-hydrogen) atoms. The minimum absolute atomic E-state index is 0.288. The van der Waals surface area contributed by atoms with Crippen LogP contribution in [-0.2, 0) is 0 Å². The number of benzene rings is 1. The number of aryl methyl sites for hydroxylation is 1. The zero-order valence-electron chi connectivity index (χ0n) is 12.2. The minimum Gasteiger partial charge on any atom is -0.303 e. The number of nitrogens with zero attached hydrogens (tertiary/aromatic N) is 1. The maximum atomic E-state index is 12.2. The Kier molecular flexibility index (Phi) is 5.15. The molecule has 0 radical (unpaired) electrons. The van der Waals surface area contributed by atoms with E-state index in [0.717, 1.165) is 23.6 Å². The number of likely N-dealkylation sites (tertiary alicyclic amines) is 1. The second kappa shape index (κ2) is 6.85. The Hall–Kier alpha value is -1.15. The third-order valence-corrected chi connectivity index (χ3v) is 4.39. The van der Waals surface area contributed by atoms with Gasteiger partial charge in [-0.3, -0.25) is 4.79 Å². The van der Waals surface area contributed by atoms with Gasteiger partial charge in [0.2, 0.25) is 0 Å². The maximum Gasteiger partial charge on any atom is 0.164 e. The lowest BCUT2D eigenvalue weighted by Gasteiger charge is -2.31. The molecule has 0 spiro atoms. The van der Waals surface area contributed by atoms with E-state index in [1.165, 1.54) is 32.4 Å². The molecule has 0 aromatic heterocycles. The first kappa shape index (κ1) is 14.3. The van der Waals surface area contributed by atoms with E-state index in [4.69, 9.17) is 0 Å². The van der Waals surface area contributed by atoms with Crippen molar-refractivity contribution in [3.63, 3.8) is 0 Å². The van der Waals surface area contributed by atoms with Crippen LogP contribution in [0.1, 0.15) is 48.5 Å². The van der Waals surface area contributed by atoms with Gasteiger partial charge in [0.05, 0.1) is 0 Å². The standard InChI is InChI=1S/C17H25NO/c1-3-15-8-11-18(12-9-15)13-10-17(19)16-7-5-4-6-14(16)2/h4-7,15H,3,8-13H2,1-2H3. The van der Waals surface area contributed by atoms with Gasteiger partial charge in [-0.15, -0.1) is 0 Å². The second-order valence-electron chi connectivity index (χ2n) is 5.68. The van der Waals surface area contributed by atoms with Crippen LogP contribution in [0.3, 0.4) is 0 Å². The fourth-order valence-electron chi connectivity index (χ4n) is 2.90. The monoisotopic (exact) mass is 259 g/mol. The lowest BCUT2D eigenvalue weighted by atomic mass is 9.94. The molecular formula is C17H25NO. The molecule has 0 unspecified atom stereocenters. The largest absolute Gasteiger partial charge is 0.303 e. The van der Waals surface area contributed by atoms with Crippen LogP contribution in [0.2, 0.25) is 0 Å². The lowest BCUT2D eigenvalue weighted by Crippen LogP contribution is -2.35. The molecule has 0 bridgehead atoms. The first-order valence-corrected chi connectivity index (χ1v) is 7.52. The van der Waals surface area contributed by atoms with Gasteiger partial charge in [0.25, 0.3) is 0 Å². The highest BCUT2D eigenvalue weighted by Gasteiger charge is 2.18. The van der Waals surface area contributed by atoms with E-state index < -0.39 is 0 Å². The predicted molar refractivity (Wildman–Crippen MR) is 79.6 cm³/mol. The molecule has 1 heterocycles. The Bertz CT molecular complexity index is 419. The summed E-state index contributed by atoms with van der Waals surface area (Å²) in [5.74, 6) is 1.19. The molecule has 1 saturated heterocycles. The Morgan fingerprint density at radius 3 is 2.58 bits per heavy atom. The Morgan fingerprint density at radius 1 is 1.26 bits per heavy atom. The van der Waals surface area contributed by atoms with Gasteiger partial charge in [-0.1, -0.05) is 37.6 Å². The molecule has 2 nitrogen and oxygen atoms in total. The summed E-state index contributed by atoms with van der Waals surface area (Å²) < 4.78 is 0. The van der Waals surface area contributed by atoms with Crippen LogP contribution in [0.15, 0.2) is 24.3 Å². The number of hydrogen-bond donors (Lipinski definition) is 0. The second-order valence-corrected chi connectivity index (χ2v) is 5.68. The van der Waals surface area contributed by atoms with Crippen LogP contribution in [0.5, 0.6) is 0 Å². The fourth-order valence-corrected chi connectivity index (χ4v) is 2.90. The molecule has 2 rings (SSSR count). The third-order valence-electron chi connectivity index (χ3n) is 4.39. The molecule has 0 atom stereocenters. The Balaban J connectivity index is 1.80. The van der Waals surface area contributed by atoms with E-state index >= 15 is 0 Å². The molecule has 0 aliphatic carbocycles. The molecule has 0 N–H and O–H groups in total. The summed E-state index contributed by atoms with van der Waals surface area (Å²) in [7, 11) is 0. The molecule has 1 aliphatic heterocycles. The van der Waals surface area contributed by atoms with Crippen LogP contribution in [0.4, 0.5) is 0 Å². The van der Waals surface area contributed by atoms with E-state index in [1.807, 2.05) is 31.2 Å². The average molecular weight is 259 g/mol. The number of carbonyl (C=O) groups is 1. The summed E-state index contributed by atoms with van der Waals surface area (Å²) >= 11 is 0. The lowest BCUT2D eigenvalue weighted by molar-refractivity contribution is 0.0950. The van der Waals surface area contributed by atoms with Crippen molar-refractivity contribution in [2.75, 3.05) is 19.6 Å². The maximum absolute atomic E-state index is 12.2. The van der Waals surface area contributed by atoms with E-state index in [0.29, 0.717) is 6.42 Å². The van der Waals surface area contributed by atoms with Crippen LogP contribution >= 0.6 is 0 Å². The Morgan fingerprint density at radius 2 is 1.95 bits per heavy atom. The van der Waals surface area contributed by atoms with E-state index in [-0.39, 0.29) is 5.78 Å². The summed E-state index contributed by atoms with van der Waals surface area (Å²) in [6.45, 7) is 7.55. The quantitative estimate of drug-likeness (QED) is 0.752. The normalized spacial score (nSPS) is 17.6. The highest BCUT2D eigenvalue weighted by Crippen LogP contribution is 2.20. The topological polar surface area (TPSA) is 20.3 Å². The van der Waals surface area contributed by atoms with Crippen LogP contribution in [0.25, 0.3) is 0 Å². The van der Waals surface area contributed by atoms with E-state index in [9.17, 15) is 4.79 Å². The minimum atomic E-state index is 0.288. The zero-order chi connectivity index (χ0) is 13.7. The van der Waals surface area contributed by atoms with Crippen LogP contribution in [0, 0.1) is 12.8 Å². The molecule has 1 fully saturated rings. The number of hydrogen-bond acceptors (Lipinski definition) is 2. The molecule has 2 heteroatoms. The first-order valence-electron chi connectivity index (χ1n) is 7.52. The third kappa shape index (κ3) is 3.90. The summed E-state index contributed by atoms with van der Waals surface area (Å²) in [5.41, 5.74) is 1.99. The van der Waals surface area contributed by atoms with Crippen molar-refractivity contribution in [3.8, 4) is 0 Å². The Labute approximate surface area is 116 Å². The van der Waals surface area contributed by atoms with Crippen molar-refractivity contribution in [2.45, 2.75) is 39.5 Å². The summed E-state index contributed by atoms with van der Waals surface area (Å²) in [6, 6.07) is 7.90. The van der Waals surface area contributed by atoms with Gasteiger partial charge in [0.15, 0.2) is 5.78 Å². The molecule has 1 aromatic carbocycles. The summed E-state index contributed by atoms with van der Waals surface area (Å²) in [5, 5.41) is 0. The number of piperidine rings is 1. The van der Waals surface area contributed by atoms with Gasteiger partial charge in [-0.2, -0.15) is 0 Å². The zero-order valence-corrected chi connectivity index (χ0v) is 12.2. The predicted octanol–water partition coefficient (Wildman–Crippen LogP) is 3.69. The van der Waals surface area contributed by atoms with Crippen molar-refractivity contribution in [1.29, 1.82) is 0 Å². The van der Waals surface area contributed by atoms with Crippen molar-refractivity contribution in [1.82, 2.24) is 4.90 Å². The number of ketones is 1. The van der Waals surface area contributed by atoms with E-state index in [1.54, 1.807) is 0 Å². The van der Waals surface area contributed by atoms with Gasteiger partial charge in [0, 0.05) is 18.5 Å². The first-order chi connectivity index (χ1) is 9.20. The molecule has 0 saturated carbocycles. The van der Waals surface area contributed by atoms with Crippen LogP contribution in [-0.4, -0.2) is 30.3 Å². The molecule has 1 aromatic rings. The van der Waals surface area contributed by atoms with Gasteiger partial charge >= 0.3 is 0 Å². The fraction of sp³-hybridized carbons (Fsp3) is 0.588. The SMILES string of the molecule is CCC1CCN(CCC(=O)c2ccccc2C)CC1. The van der Waals surface area contributed by atoms with Gasteiger partial charge < -0.3 is 4.90 Å². The van der Waals surface area contributed by atoms with Crippen molar-refractivity contribution in [3.05, 3.63) is 35.4 Å². The number of carbonyl (C=O) groups excluding carboxylic acids is 1. The van der Waals surface area contributed by atoms with Crippen LogP contribution < -0.4 is 0 Å². The van der Waals surface area contributed by atoms with Gasteiger partial charge in [-0.25, -0.2) is 0 Å². The van der Waals surface area contributed by atoms with Crippen molar-refractivity contribution in [2.24, 2.45) is 5.92 Å². The van der Waals surface area contributed by atoms with Crippen molar-refractivity contribution < 1.29 is 4.79 Å². The highest BCUT2D eigenvalue weighted by atomic mass is 16.1. The number of rotatable bonds is 5. The highest BCUT2D eigenvalue weighted by molar-refractivity contribution is 5.97.